The van der Waals surface area contributed by atoms with Gasteiger partial charge in [0, 0.05) is 17.2 Å². The highest BCUT2D eigenvalue weighted by atomic mass is 32.1. The first-order valence-electron chi connectivity index (χ1n) is 8.58. The van der Waals surface area contributed by atoms with Crippen LogP contribution in [-0.2, 0) is 0 Å². The van der Waals surface area contributed by atoms with Gasteiger partial charge in [-0.25, -0.2) is 10.6 Å². The van der Waals surface area contributed by atoms with Gasteiger partial charge in [-0.05, 0) is 55.5 Å². The zero-order chi connectivity index (χ0) is 19.9. The van der Waals surface area contributed by atoms with Gasteiger partial charge in [-0.15, -0.1) is 0 Å². The molecule has 0 saturated heterocycles. The Balaban J connectivity index is 1.81. The van der Waals surface area contributed by atoms with E-state index >= 15 is 0 Å². The SMILES string of the molecule is CCOc1ccc(-c2n[nH]c(=S)n2N/N=C\c2ccc(OC)cc2OC)cc1. The van der Waals surface area contributed by atoms with Crippen molar-refractivity contribution in [2.45, 2.75) is 6.92 Å². The molecule has 0 atom stereocenters. The van der Waals surface area contributed by atoms with E-state index in [4.69, 9.17) is 26.4 Å². The Morgan fingerprint density at radius 1 is 1.14 bits per heavy atom. The molecule has 3 aromatic rings. The van der Waals surface area contributed by atoms with Crippen LogP contribution in [0.2, 0.25) is 0 Å². The van der Waals surface area contributed by atoms with Gasteiger partial charge in [0.25, 0.3) is 0 Å². The summed E-state index contributed by atoms with van der Waals surface area (Å²) in [5.41, 5.74) is 4.55. The molecule has 0 aliphatic heterocycles. The second kappa shape index (κ2) is 9.05. The Hall–Kier alpha value is -3.33. The second-order valence-electron chi connectivity index (χ2n) is 5.61. The van der Waals surface area contributed by atoms with Crippen molar-refractivity contribution >= 4 is 18.4 Å². The normalized spacial score (nSPS) is 10.8. The smallest absolute Gasteiger partial charge is 0.216 e. The fourth-order valence-corrected chi connectivity index (χ4v) is 2.70. The lowest BCUT2D eigenvalue weighted by molar-refractivity contribution is 0.340. The minimum Gasteiger partial charge on any atom is -0.497 e. The lowest BCUT2D eigenvalue weighted by Crippen LogP contribution is -2.11. The molecule has 146 valence electrons. The number of hydrogen-bond acceptors (Lipinski definition) is 7. The third kappa shape index (κ3) is 4.32. The molecule has 9 heteroatoms. The second-order valence-corrected chi connectivity index (χ2v) is 6.00. The van der Waals surface area contributed by atoms with E-state index in [0.717, 1.165) is 16.9 Å². The van der Waals surface area contributed by atoms with Gasteiger partial charge in [0.1, 0.15) is 17.2 Å². The molecule has 0 aliphatic carbocycles. The molecule has 0 bridgehead atoms. The molecular formula is C19H21N5O3S. The molecule has 0 radical (unpaired) electrons. The van der Waals surface area contributed by atoms with Gasteiger partial charge in [-0.1, -0.05) is 0 Å². The molecule has 2 aromatic carbocycles. The summed E-state index contributed by atoms with van der Waals surface area (Å²) in [7, 11) is 3.20. The highest BCUT2D eigenvalue weighted by Gasteiger charge is 2.09. The number of hydrogen-bond donors (Lipinski definition) is 2. The van der Waals surface area contributed by atoms with Crippen LogP contribution in [0, 0.1) is 4.77 Å². The lowest BCUT2D eigenvalue weighted by Gasteiger charge is -2.08. The summed E-state index contributed by atoms with van der Waals surface area (Å²) in [6, 6.07) is 13.0. The molecule has 0 fully saturated rings. The molecule has 1 heterocycles. The van der Waals surface area contributed by atoms with Crippen molar-refractivity contribution in [1.82, 2.24) is 14.9 Å². The molecule has 8 nitrogen and oxygen atoms in total. The maximum Gasteiger partial charge on any atom is 0.216 e. The Bertz CT molecular complexity index is 1010. The summed E-state index contributed by atoms with van der Waals surface area (Å²) in [4.78, 5) is 0. The number of rotatable bonds is 8. The van der Waals surface area contributed by atoms with Crippen LogP contribution in [-0.4, -0.2) is 41.9 Å². The van der Waals surface area contributed by atoms with E-state index in [9.17, 15) is 0 Å². The monoisotopic (exact) mass is 399 g/mol. The van der Waals surface area contributed by atoms with Crippen LogP contribution in [0.25, 0.3) is 11.4 Å². The summed E-state index contributed by atoms with van der Waals surface area (Å²) in [5, 5.41) is 11.3. The van der Waals surface area contributed by atoms with Crippen LogP contribution >= 0.6 is 12.2 Å². The zero-order valence-electron chi connectivity index (χ0n) is 15.8. The predicted molar refractivity (Wildman–Crippen MR) is 111 cm³/mol. The van der Waals surface area contributed by atoms with Crippen LogP contribution in [0.15, 0.2) is 47.6 Å². The Morgan fingerprint density at radius 3 is 2.57 bits per heavy atom. The average molecular weight is 399 g/mol. The highest BCUT2D eigenvalue weighted by molar-refractivity contribution is 7.71. The summed E-state index contributed by atoms with van der Waals surface area (Å²) in [6.07, 6.45) is 1.63. The van der Waals surface area contributed by atoms with Crippen molar-refractivity contribution in [2.75, 3.05) is 26.4 Å². The maximum absolute atomic E-state index is 5.47. The van der Waals surface area contributed by atoms with Crippen LogP contribution in [0.3, 0.4) is 0 Å². The number of aromatic amines is 1. The average Bonchev–Trinajstić information content (AvgIpc) is 3.09. The molecule has 0 spiro atoms. The highest BCUT2D eigenvalue weighted by Crippen LogP contribution is 2.23. The minimum atomic E-state index is 0.391. The van der Waals surface area contributed by atoms with Crippen molar-refractivity contribution < 1.29 is 14.2 Å². The molecular weight excluding hydrogens is 378 g/mol. The van der Waals surface area contributed by atoms with Crippen LogP contribution in [0.5, 0.6) is 17.2 Å². The Labute approximate surface area is 167 Å². The van der Waals surface area contributed by atoms with E-state index in [1.54, 1.807) is 31.2 Å². The predicted octanol–water partition coefficient (Wildman–Crippen LogP) is 3.60. The molecule has 3 rings (SSSR count). The van der Waals surface area contributed by atoms with E-state index in [-0.39, 0.29) is 0 Å². The fourth-order valence-electron chi connectivity index (χ4n) is 2.53. The Morgan fingerprint density at radius 2 is 1.89 bits per heavy atom. The molecule has 1 aromatic heterocycles. The van der Waals surface area contributed by atoms with Crippen molar-refractivity contribution in [2.24, 2.45) is 5.10 Å². The van der Waals surface area contributed by atoms with Gasteiger partial charge < -0.3 is 14.2 Å². The first-order valence-corrected chi connectivity index (χ1v) is 8.98. The van der Waals surface area contributed by atoms with Crippen molar-refractivity contribution in [3.63, 3.8) is 0 Å². The largest absolute Gasteiger partial charge is 0.497 e. The Kier molecular flexibility index (Phi) is 6.28. The minimum absolute atomic E-state index is 0.391. The standard InChI is InChI=1S/C19H21N5O3S/c1-4-27-15-8-5-13(6-9-15)18-21-22-19(28)24(18)23-20-12-14-7-10-16(25-2)11-17(14)26-3/h5-12,23H,4H2,1-3H3,(H,22,28)/b20-12-. The fraction of sp³-hybridized carbons (Fsp3) is 0.211. The maximum atomic E-state index is 5.47. The number of ether oxygens (including phenoxy) is 3. The van der Waals surface area contributed by atoms with E-state index < -0.39 is 0 Å². The summed E-state index contributed by atoms with van der Waals surface area (Å²) in [5.74, 6) is 2.75. The van der Waals surface area contributed by atoms with Gasteiger partial charge in [0.05, 0.1) is 27.0 Å². The first-order chi connectivity index (χ1) is 13.7. The number of H-pyrrole nitrogens is 1. The molecule has 0 unspecified atom stereocenters. The molecule has 0 aliphatic rings. The van der Waals surface area contributed by atoms with Gasteiger partial charge >= 0.3 is 0 Å². The van der Waals surface area contributed by atoms with Crippen LogP contribution in [0.1, 0.15) is 12.5 Å². The summed E-state index contributed by atoms with van der Waals surface area (Å²) >= 11 is 5.29. The van der Waals surface area contributed by atoms with Gasteiger partial charge in [0.15, 0.2) is 5.82 Å². The topological polar surface area (TPSA) is 85.7 Å². The van der Waals surface area contributed by atoms with E-state index in [1.165, 1.54) is 0 Å². The number of benzene rings is 2. The van der Waals surface area contributed by atoms with Crippen molar-refractivity contribution in [1.29, 1.82) is 0 Å². The number of nitrogens with zero attached hydrogens (tertiary/aromatic N) is 3. The van der Waals surface area contributed by atoms with E-state index in [0.29, 0.717) is 28.7 Å². The molecule has 28 heavy (non-hydrogen) atoms. The summed E-state index contributed by atoms with van der Waals surface area (Å²) in [6.45, 7) is 2.56. The van der Waals surface area contributed by atoms with Crippen LogP contribution in [0.4, 0.5) is 0 Å². The molecule has 2 N–H and O–H groups in total. The van der Waals surface area contributed by atoms with E-state index in [1.807, 2.05) is 43.3 Å². The third-order valence-corrected chi connectivity index (χ3v) is 4.17. The van der Waals surface area contributed by atoms with Crippen molar-refractivity contribution in [3.8, 4) is 28.6 Å². The number of hydrazone groups is 1. The van der Waals surface area contributed by atoms with Gasteiger partial charge in [-0.2, -0.15) is 14.9 Å². The van der Waals surface area contributed by atoms with Crippen LogP contribution < -0.4 is 19.7 Å². The van der Waals surface area contributed by atoms with Gasteiger partial charge in [0.2, 0.25) is 4.77 Å². The lowest BCUT2D eigenvalue weighted by atomic mass is 10.2. The number of methoxy groups -OCH3 is 2. The third-order valence-electron chi connectivity index (χ3n) is 3.90. The quantitative estimate of drug-likeness (QED) is 0.342. The first kappa shape index (κ1) is 19.4. The van der Waals surface area contributed by atoms with Gasteiger partial charge in [-0.3, -0.25) is 0 Å². The zero-order valence-corrected chi connectivity index (χ0v) is 16.6. The molecule has 0 saturated carbocycles. The number of aromatic nitrogens is 3. The number of nitrogens with one attached hydrogen (secondary N) is 2. The molecule has 0 amide bonds. The summed E-state index contributed by atoms with van der Waals surface area (Å²) < 4.78 is 18.0. The van der Waals surface area contributed by atoms with E-state index in [2.05, 4.69) is 20.8 Å². The van der Waals surface area contributed by atoms with Crippen molar-refractivity contribution in [3.05, 3.63) is 52.8 Å².